The molecule has 0 saturated heterocycles. The summed E-state index contributed by atoms with van der Waals surface area (Å²) >= 11 is 1.80. The molecule has 0 radical (unpaired) electrons. The van der Waals surface area contributed by atoms with Crippen molar-refractivity contribution in [1.29, 1.82) is 0 Å². The second-order valence-electron chi connectivity index (χ2n) is 15.3. The molecular formula is C57H38N4S. The smallest absolute Gasteiger partial charge is 0.164 e. The Balaban J connectivity index is 1.07. The third kappa shape index (κ3) is 7.21. The predicted molar refractivity (Wildman–Crippen MR) is 260 cm³/mol. The first kappa shape index (κ1) is 37.0. The van der Waals surface area contributed by atoms with Gasteiger partial charge in [0.1, 0.15) is 0 Å². The number of benzene rings is 9. The zero-order chi connectivity index (χ0) is 41.2. The lowest BCUT2D eigenvalue weighted by atomic mass is 9.97. The van der Waals surface area contributed by atoms with Crippen molar-refractivity contribution in [3.8, 4) is 67.5 Å². The maximum atomic E-state index is 5.24. The maximum Gasteiger partial charge on any atom is 0.164 e. The highest BCUT2D eigenvalue weighted by Gasteiger charge is 2.20. The van der Waals surface area contributed by atoms with Crippen molar-refractivity contribution >= 4 is 48.6 Å². The van der Waals surface area contributed by atoms with Crippen molar-refractivity contribution in [2.24, 2.45) is 0 Å². The Morgan fingerprint density at radius 2 is 0.774 bits per heavy atom. The van der Waals surface area contributed by atoms with Crippen molar-refractivity contribution in [2.75, 3.05) is 4.90 Å². The molecule has 0 atom stereocenters. The lowest BCUT2D eigenvalue weighted by Crippen LogP contribution is -2.10. The number of thiophene rings is 1. The molecule has 2 heterocycles. The number of nitrogens with zero attached hydrogens (tertiary/aromatic N) is 4. The molecule has 0 unspecified atom stereocenters. The van der Waals surface area contributed by atoms with Crippen LogP contribution in [-0.2, 0) is 0 Å². The van der Waals surface area contributed by atoms with Crippen LogP contribution in [0.1, 0.15) is 0 Å². The van der Waals surface area contributed by atoms with Crippen LogP contribution in [0.4, 0.5) is 17.1 Å². The third-order valence-corrected chi connectivity index (χ3v) is 12.4. The van der Waals surface area contributed by atoms with Crippen LogP contribution < -0.4 is 4.90 Å². The molecule has 292 valence electrons. The van der Waals surface area contributed by atoms with Crippen LogP contribution in [0.25, 0.3) is 87.7 Å². The van der Waals surface area contributed by atoms with E-state index in [1.54, 1.807) is 11.3 Å². The largest absolute Gasteiger partial charge is 0.310 e. The molecule has 9 aromatic carbocycles. The van der Waals surface area contributed by atoms with E-state index in [1.807, 2.05) is 24.3 Å². The maximum absolute atomic E-state index is 5.24. The van der Waals surface area contributed by atoms with Crippen LogP contribution in [0.5, 0.6) is 0 Å². The summed E-state index contributed by atoms with van der Waals surface area (Å²) in [6, 6.07) is 81.2. The van der Waals surface area contributed by atoms with E-state index in [2.05, 4.69) is 211 Å². The van der Waals surface area contributed by atoms with Gasteiger partial charge >= 0.3 is 0 Å². The first-order valence-electron chi connectivity index (χ1n) is 20.8. The van der Waals surface area contributed by atoms with E-state index in [-0.39, 0.29) is 0 Å². The molecule has 4 nitrogen and oxygen atoms in total. The zero-order valence-electron chi connectivity index (χ0n) is 33.6. The van der Waals surface area contributed by atoms with Gasteiger partial charge in [0.05, 0.1) is 0 Å². The first-order valence-corrected chi connectivity index (χ1v) is 21.6. The molecular weight excluding hydrogens is 773 g/mol. The zero-order valence-corrected chi connectivity index (χ0v) is 34.5. The summed E-state index contributed by atoms with van der Waals surface area (Å²) < 4.78 is 2.36. The molecule has 0 aliphatic carbocycles. The van der Waals surface area contributed by atoms with Gasteiger partial charge in [0, 0.05) is 53.9 Å². The molecule has 0 bridgehead atoms. The molecule has 0 saturated carbocycles. The highest BCUT2D eigenvalue weighted by molar-refractivity contribution is 7.26. The van der Waals surface area contributed by atoms with Crippen LogP contribution in [0, 0.1) is 0 Å². The second-order valence-corrected chi connectivity index (χ2v) is 16.3. The molecule has 11 rings (SSSR count). The number of hydrogen-bond donors (Lipinski definition) is 0. The number of rotatable bonds is 9. The predicted octanol–water partition coefficient (Wildman–Crippen LogP) is 15.7. The summed E-state index contributed by atoms with van der Waals surface area (Å²) in [5.41, 5.74) is 13.0. The topological polar surface area (TPSA) is 41.9 Å². The van der Waals surface area contributed by atoms with Crippen molar-refractivity contribution in [3.63, 3.8) is 0 Å². The van der Waals surface area contributed by atoms with Gasteiger partial charge in [-0.15, -0.1) is 11.3 Å². The van der Waals surface area contributed by atoms with E-state index in [0.717, 1.165) is 66.8 Å². The highest BCUT2D eigenvalue weighted by Crippen LogP contribution is 2.45. The molecule has 2 aromatic heterocycles. The standard InChI is InChI=1S/C57H38N4S/c1-6-18-39(19-7-1)43-26-16-27-44(34-43)56-58-55(42-24-12-4-13-25-42)59-57(60-56)51-30-17-31-52-54(51)50-33-32-48(38-53(50)62-52)61(47-28-14-5-15-29-47)49-36-45(40-20-8-2-9-21-40)35-46(37-49)41-22-10-3-11-23-41/h1-38H. The average Bonchev–Trinajstić information content (AvgIpc) is 3.74. The Hall–Kier alpha value is -7.99. The van der Waals surface area contributed by atoms with Crippen molar-refractivity contribution in [3.05, 3.63) is 231 Å². The van der Waals surface area contributed by atoms with Gasteiger partial charge in [-0.05, 0) is 88.0 Å². The Kier molecular flexibility index (Phi) is 9.69. The van der Waals surface area contributed by atoms with Gasteiger partial charge in [0.25, 0.3) is 0 Å². The minimum absolute atomic E-state index is 0.636. The number of hydrogen-bond acceptors (Lipinski definition) is 5. The quantitative estimate of drug-likeness (QED) is 0.146. The van der Waals surface area contributed by atoms with Gasteiger partial charge in [-0.2, -0.15) is 0 Å². The highest BCUT2D eigenvalue weighted by atomic mass is 32.1. The summed E-state index contributed by atoms with van der Waals surface area (Å²) in [5, 5.41) is 2.30. The van der Waals surface area contributed by atoms with Crippen molar-refractivity contribution in [2.45, 2.75) is 0 Å². The lowest BCUT2D eigenvalue weighted by molar-refractivity contribution is 1.08. The van der Waals surface area contributed by atoms with Gasteiger partial charge in [-0.25, -0.2) is 15.0 Å². The van der Waals surface area contributed by atoms with Crippen LogP contribution in [-0.4, -0.2) is 15.0 Å². The monoisotopic (exact) mass is 810 g/mol. The van der Waals surface area contributed by atoms with Crippen molar-refractivity contribution < 1.29 is 0 Å². The number of fused-ring (bicyclic) bond motifs is 3. The summed E-state index contributed by atoms with van der Waals surface area (Å²) in [7, 11) is 0. The molecule has 0 N–H and O–H groups in total. The van der Waals surface area contributed by atoms with Gasteiger partial charge < -0.3 is 4.90 Å². The van der Waals surface area contributed by atoms with Gasteiger partial charge in [0.2, 0.25) is 0 Å². The van der Waals surface area contributed by atoms with Crippen LogP contribution in [0.2, 0.25) is 0 Å². The van der Waals surface area contributed by atoms with E-state index < -0.39 is 0 Å². The summed E-state index contributed by atoms with van der Waals surface area (Å²) in [6.45, 7) is 0. The molecule has 0 aliphatic heterocycles. The lowest BCUT2D eigenvalue weighted by Gasteiger charge is -2.27. The molecule has 0 spiro atoms. The Morgan fingerprint density at radius 3 is 1.40 bits per heavy atom. The average molecular weight is 811 g/mol. The fraction of sp³-hybridized carbons (Fsp3) is 0. The Bertz CT molecular complexity index is 3280. The molecule has 0 amide bonds. The fourth-order valence-electron chi connectivity index (χ4n) is 8.31. The number of para-hydroxylation sites is 1. The summed E-state index contributed by atoms with van der Waals surface area (Å²) in [6.07, 6.45) is 0. The van der Waals surface area contributed by atoms with Gasteiger partial charge in [-0.3, -0.25) is 0 Å². The molecule has 5 heteroatoms. The Labute approximate surface area is 364 Å². The van der Waals surface area contributed by atoms with E-state index in [1.165, 1.54) is 20.5 Å². The Morgan fingerprint density at radius 1 is 0.290 bits per heavy atom. The number of aromatic nitrogens is 3. The second kappa shape index (κ2) is 16.2. The van der Waals surface area contributed by atoms with Gasteiger partial charge in [0.15, 0.2) is 17.5 Å². The molecule has 11 aromatic rings. The molecule has 62 heavy (non-hydrogen) atoms. The number of anilines is 3. The normalized spacial score (nSPS) is 11.2. The van der Waals surface area contributed by atoms with E-state index in [0.29, 0.717) is 17.5 Å². The SMILES string of the molecule is c1ccc(-c2cccc(-c3nc(-c4ccccc4)nc(-c4cccc5sc6cc(N(c7ccccc7)c7cc(-c8ccccc8)cc(-c8ccccc8)c7)ccc6c45)n3)c2)cc1. The van der Waals surface area contributed by atoms with E-state index >= 15 is 0 Å². The van der Waals surface area contributed by atoms with Crippen LogP contribution in [0.3, 0.4) is 0 Å². The fourth-order valence-corrected chi connectivity index (χ4v) is 9.47. The van der Waals surface area contributed by atoms with Crippen LogP contribution in [0.15, 0.2) is 231 Å². The van der Waals surface area contributed by atoms with Gasteiger partial charge in [-0.1, -0.05) is 176 Å². The van der Waals surface area contributed by atoms with E-state index in [9.17, 15) is 0 Å². The van der Waals surface area contributed by atoms with Crippen molar-refractivity contribution in [1.82, 2.24) is 15.0 Å². The summed E-state index contributed by atoms with van der Waals surface area (Å²) in [4.78, 5) is 17.9. The van der Waals surface area contributed by atoms with E-state index in [4.69, 9.17) is 15.0 Å². The van der Waals surface area contributed by atoms with Crippen LogP contribution >= 0.6 is 11.3 Å². The molecule has 0 fully saturated rings. The molecule has 0 aliphatic rings. The third-order valence-electron chi connectivity index (χ3n) is 11.3. The minimum Gasteiger partial charge on any atom is -0.310 e. The first-order chi connectivity index (χ1) is 30.7. The minimum atomic E-state index is 0.636. The summed E-state index contributed by atoms with van der Waals surface area (Å²) in [5.74, 6) is 1.92.